The van der Waals surface area contributed by atoms with Crippen LogP contribution in [0.25, 0.3) is 0 Å². The Hall–Kier alpha value is -0.940. The molecule has 0 unspecified atom stereocenters. The lowest BCUT2D eigenvalue weighted by Gasteiger charge is -2.10. The van der Waals surface area contributed by atoms with Crippen LogP contribution in [0.1, 0.15) is 23.6 Å². The van der Waals surface area contributed by atoms with E-state index in [1.807, 2.05) is 12.3 Å². The summed E-state index contributed by atoms with van der Waals surface area (Å²) in [5.74, 6) is 0.215. The van der Waals surface area contributed by atoms with Crippen molar-refractivity contribution < 1.29 is 4.39 Å². The molecule has 1 N–H and O–H groups in total. The lowest BCUT2D eigenvalue weighted by atomic mass is 9.95. The van der Waals surface area contributed by atoms with E-state index in [9.17, 15) is 4.39 Å². The maximum absolute atomic E-state index is 13.7. The van der Waals surface area contributed by atoms with Gasteiger partial charge in [0, 0.05) is 28.8 Å². The zero-order valence-corrected chi connectivity index (χ0v) is 12.0. The molecule has 0 aliphatic carbocycles. The molecule has 1 aromatic heterocycles. The highest BCUT2D eigenvalue weighted by atomic mass is 79.9. The molecule has 1 aromatic carbocycles. The van der Waals surface area contributed by atoms with Crippen LogP contribution in [-0.4, -0.2) is 9.55 Å². The van der Waals surface area contributed by atoms with Gasteiger partial charge in [-0.3, -0.25) is 0 Å². The monoisotopic (exact) mass is 326 g/mol. The normalized spacial score (nSPS) is 18.0. The Labute approximate surface area is 118 Å². The average Bonchev–Trinajstić information content (AvgIpc) is 2.89. The van der Waals surface area contributed by atoms with Crippen molar-refractivity contribution in [1.29, 1.82) is 0 Å². The van der Waals surface area contributed by atoms with Gasteiger partial charge in [0.15, 0.2) is 4.77 Å². The van der Waals surface area contributed by atoms with Crippen molar-refractivity contribution in [3.05, 3.63) is 50.7 Å². The van der Waals surface area contributed by atoms with Crippen LogP contribution in [0, 0.1) is 10.6 Å². The molecule has 18 heavy (non-hydrogen) atoms. The van der Waals surface area contributed by atoms with Crippen molar-refractivity contribution in [3.8, 4) is 0 Å². The molecule has 0 saturated heterocycles. The number of hydrogen-bond donors (Lipinski definition) is 1. The summed E-state index contributed by atoms with van der Waals surface area (Å²) in [4.78, 5) is 3.06. The molecule has 1 aliphatic heterocycles. The summed E-state index contributed by atoms with van der Waals surface area (Å²) in [5.41, 5.74) is 1.95. The fourth-order valence-corrected chi connectivity index (χ4v) is 3.25. The summed E-state index contributed by atoms with van der Waals surface area (Å²) in [7, 11) is 0. The van der Waals surface area contributed by atoms with Crippen LogP contribution < -0.4 is 0 Å². The number of H-pyrrole nitrogens is 1. The molecule has 0 saturated carbocycles. The summed E-state index contributed by atoms with van der Waals surface area (Å²) in [6.45, 7) is 0.929. The Bertz CT molecular complexity index is 647. The Morgan fingerprint density at radius 1 is 1.50 bits per heavy atom. The predicted molar refractivity (Wildman–Crippen MR) is 74.8 cm³/mol. The summed E-state index contributed by atoms with van der Waals surface area (Å²) >= 11 is 8.59. The standard InChI is InChI=1S/C13H12BrFN2S/c14-10-1-2-11(15)9(6-10)5-8-3-4-17-12(8)7-16-13(17)18/h1-2,6-8H,3-5H2,(H,16,18)/t8-/m1/s1. The third-order valence-electron chi connectivity index (χ3n) is 3.49. The number of aromatic nitrogens is 2. The maximum atomic E-state index is 13.7. The predicted octanol–water partition coefficient (Wildman–Crippen LogP) is 4.18. The second kappa shape index (κ2) is 4.63. The van der Waals surface area contributed by atoms with Gasteiger partial charge in [-0.05, 0) is 48.8 Å². The molecule has 2 nitrogen and oxygen atoms in total. The van der Waals surface area contributed by atoms with Crippen LogP contribution in [0.3, 0.4) is 0 Å². The third kappa shape index (κ3) is 2.06. The van der Waals surface area contributed by atoms with Crippen molar-refractivity contribution in [3.63, 3.8) is 0 Å². The van der Waals surface area contributed by atoms with E-state index in [4.69, 9.17) is 12.2 Å². The van der Waals surface area contributed by atoms with E-state index in [0.29, 0.717) is 5.92 Å². The SMILES string of the molecule is Fc1ccc(Br)cc1C[C@H]1CCn2c1c[nH]c2=S. The van der Waals surface area contributed by atoms with Crippen molar-refractivity contribution in [2.45, 2.75) is 25.3 Å². The maximum Gasteiger partial charge on any atom is 0.177 e. The van der Waals surface area contributed by atoms with Gasteiger partial charge in [0.25, 0.3) is 0 Å². The van der Waals surface area contributed by atoms with Gasteiger partial charge in [0.05, 0.1) is 0 Å². The number of halogens is 2. The van der Waals surface area contributed by atoms with Crippen LogP contribution in [0.2, 0.25) is 0 Å². The topological polar surface area (TPSA) is 20.7 Å². The third-order valence-corrected chi connectivity index (χ3v) is 4.33. The quantitative estimate of drug-likeness (QED) is 0.821. The van der Waals surface area contributed by atoms with Crippen LogP contribution in [-0.2, 0) is 13.0 Å². The minimum atomic E-state index is -0.134. The minimum absolute atomic E-state index is 0.134. The van der Waals surface area contributed by atoms with Crippen molar-refractivity contribution in [1.82, 2.24) is 9.55 Å². The molecule has 94 valence electrons. The average molecular weight is 327 g/mol. The zero-order chi connectivity index (χ0) is 12.7. The molecule has 0 bridgehead atoms. The van der Waals surface area contributed by atoms with Crippen LogP contribution >= 0.6 is 28.1 Å². The lowest BCUT2D eigenvalue weighted by molar-refractivity contribution is 0.584. The highest BCUT2D eigenvalue weighted by Gasteiger charge is 2.24. The van der Waals surface area contributed by atoms with E-state index in [0.717, 1.165) is 34.2 Å². The van der Waals surface area contributed by atoms with Gasteiger partial charge in [0.1, 0.15) is 5.82 Å². The number of benzene rings is 1. The molecular formula is C13H12BrFN2S. The molecule has 0 fully saturated rings. The summed E-state index contributed by atoms with van der Waals surface area (Å²) in [6.07, 6.45) is 3.70. The largest absolute Gasteiger partial charge is 0.337 e. The first-order valence-electron chi connectivity index (χ1n) is 5.87. The molecule has 0 radical (unpaired) electrons. The van der Waals surface area contributed by atoms with Gasteiger partial charge in [-0.15, -0.1) is 0 Å². The lowest BCUT2D eigenvalue weighted by Crippen LogP contribution is -2.01. The Morgan fingerprint density at radius 2 is 2.33 bits per heavy atom. The second-order valence-electron chi connectivity index (χ2n) is 4.60. The number of nitrogens with zero attached hydrogens (tertiary/aromatic N) is 1. The molecule has 0 amide bonds. The number of fused-ring (bicyclic) bond motifs is 1. The van der Waals surface area contributed by atoms with Gasteiger partial charge >= 0.3 is 0 Å². The molecule has 1 atom stereocenters. The Kier molecular flexibility index (Phi) is 3.11. The van der Waals surface area contributed by atoms with E-state index < -0.39 is 0 Å². The minimum Gasteiger partial charge on any atom is -0.337 e. The fourth-order valence-electron chi connectivity index (χ4n) is 2.58. The molecule has 5 heteroatoms. The van der Waals surface area contributed by atoms with Gasteiger partial charge in [-0.2, -0.15) is 0 Å². The first-order valence-corrected chi connectivity index (χ1v) is 7.07. The van der Waals surface area contributed by atoms with Gasteiger partial charge in [0.2, 0.25) is 0 Å². The number of hydrogen-bond acceptors (Lipinski definition) is 1. The Balaban J connectivity index is 1.90. The number of imidazole rings is 1. The van der Waals surface area contributed by atoms with E-state index in [1.165, 1.54) is 11.8 Å². The van der Waals surface area contributed by atoms with Gasteiger partial charge < -0.3 is 9.55 Å². The molecule has 1 aliphatic rings. The molecule has 3 rings (SSSR count). The number of nitrogens with one attached hydrogen (secondary N) is 1. The van der Waals surface area contributed by atoms with Crippen molar-refractivity contribution in [2.75, 3.05) is 0 Å². The van der Waals surface area contributed by atoms with Crippen LogP contribution in [0.4, 0.5) is 4.39 Å². The van der Waals surface area contributed by atoms with Gasteiger partial charge in [-0.25, -0.2) is 4.39 Å². The van der Waals surface area contributed by atoms with Crippen LogP contribution in [0.5, 0.6) is 0 Å². The Morgan fingerprint density at radius 3 is 3.17 bits per heavy atom. The first-order chi connectivity index (χ1) is 8.65. The van der Waals surface area contributed by atoms with Gasteiger partial charge in [-0.1, -0.05) is 15.9 Å². The fraction of sp³-hybridized carbons (Fsp3) is 0.308. The molecular weight excluding hydrogens is 315 g/mol. The van der Waals surface area contributed by atoms with E-state index in [1.54, 1.807) is 6.07 Å². The van der Waals surface area contributed by atoms with E-state index in [-0.39, 0.29) is 5.82 Å². The number of rotatable bonds is 2. The molecule has 2 heterocycles. The highest BCUT2D eigenvalue weighted by Crippen LogP contribution is 2.32. The van der Waals surface area contributed by atoms with Crippen molar-refractivity contribution >= 4 is 28.1 Å². The summed E-state index contributed by atoms with van der Waals surface area (Å²) in [5, 5.41) is 0. The van der Waals surface area contributed by atoms with Crippen molar-refractivity contribution in [2.24, 2.45) is 0 Å². The van der Waals surface area contributed by atoms with Crippen LogP contribution in [0.15, 0.2) is 28.9 Å². The zero-order valence-electron chi connectivity index (χ0n) is 9.62. The first kappa shape index (κ1) is 12.1. The highest BCUT2D eigenvalue weighted by molar-refractivity contribution is 9.10. The van der Waals surface area contributed by atoms with E-state index in [2.05, 4.69) is 25.5 Å². The number of aromatic amines is 1. The van der Waals surface area contributed by atoms with E-state index >= 15 is 0 Å². The second-order valence-corrected chi connectivity index (χ2v) is 5.90. The summed E-state index contributed by atoms with van der Waals surface area (Å²) < 4.78 is 17.5. The molecule has 2 aromatic rings. The smallest absolute Gasteiger partial charge is 0.177 e. The summed E-state index contributed by atoms with van der Waals surface area (Å²) in [6, 6.07) is 5.10. The molecule has 0 spiro atoms.